The Morgan fingerprint density at radius 2 is 1.74 bits per heavy atom. The van der Waals surface area contributed by atoms with Crippen LogP contribution in [-0.2, 0) is 22.5 Å². The van der Waals surface area contributed by atoms with Gasteiger partial charge in [-0.1, -0.05) is 30.3 Å². The summed E-state index contributed by atoms with van der Waals surface area (Å²) in [6, 6.07) is 13.7. The molecule has 0 bridgehead atoms. The number of aliphatic carboxylic acids is 1. The molecule has 210 valence electrons. The van der Waals surface area contributed by atoms with Crippen molar-refractivity contribution >= 4 is 11.8 Å². The van der Waals surface area contributed by atoms with Crippen LogP contribution in [0.3, 0.4) is 0 Å². The number of carbonyl (C=O) groups excluding carboxylic acids is 1. The molecule has 0 spiro atoms. The van der Waals surface area contributed by atoms with Gasteiger partial charge < -0.3 is 34.6 Å². The Bertz CT molecular complexity index is 1180. The first-order chi connectivity index (χ1) is 18.7. The van der Waals surface area contributed by atoms with E-state index in [2.05, 4.69) is 29.2 Å². The highest BCUT2D eigenvalue weighted by atomic mass is 16.7. The maximum absolute atomic E-state index is 13.4. The standard InChI is InChI=1S/C29H35NO9/c1-37-21-13-18-12-19(11-16-7-9-30(10-8-16)15-17-5-3-2-4-6-17)23(31)20(18)14-22(21)38-29-26(34)24(32)25(33)27(39-29)28(35)36/h2-6,13-14,16,19,24-27,29,32-34H,7-12,15H2,1H3,(H,35,36)/t19?,24-,25-,26+,27-,29+/m0/s1. The first-order valence-electron chi connectivity index (χ1n) is 13.4. The number of nitrogens with zero attached hydrogens (tertiary/aromatic N) is 1. The average Bonchev–Trinajstić information content (AvgIpc) is 3.23. The van der Waals surface area contributed by atoms with E-state index in [1.807, 2.05) is 6.07 Å². The van der Waals surface area contributed by atoms with Crippen LogP contribution in [0.4, 0.5) is 0 Å². The lowest BCUT2D eigenvalue weighted by Crippen LogP contribution is -2.61. The Hall–Kier alpha value is -3.02. The minimum absolute atomic E-state index is 0.0215. The maximum atomic E-state index is 13.4. The summed E-state index contributed by atoms with van der Waals surface area (Å²) in [7, 11) is 1.43. The number of rotatable bonds is 8. The van der Waals surface area contributed by atoms with Crippen molar-refractivity contribution in [2.24, 2.45) is 11.8 Å². The van der Waals surface area contributed by atoms with E-state index in [0.29, 0.717) is 23.7 Å². The van der Waals surface area contributed by atoms with Crippen molar-refractivity contribution < 1.29 is 44.2 Å². The van der Waals surface area contributed by atoms with Crippen molar-refractivity contribution in [1.29, 1.82) is 0 Å². The van der Waals surface area contributed by atoms with E-state index >= 15 is 0 Å². The summed E-state index contributed by atoms with van der Waals surface area (Å²) in [5, 5.41) is 39.7. The highest BCUT2D eigenvalue weighted by Crippen LogP contribution is 2.41. The molecule has 1 aliphatic carbocycles. The van der Waals surface area contributed by atoms with Crippen molar-refractivity contribution in [3.05, 3.63) is 59.2 Å². The normalized spacial score (nSPS) is 29.7. The molecule has 10 heteroatoms. The van der Waals surface area contributed by atoms with Crippen LogP contribution in [0, 0.1) is 11.8 Å². The maximum Gasteiger partial charge on any atom is 0.335 e. The number of piperidine rings is 1. The summed E-state index contributed by atoms with van der Waals surface area (Å²) in [4.78, 5) is 27.3. The molecule has 2 aromatic rings. The minimum Gasteiger partial charge on any atom is -0.493 e. The van der Waals surface area contributed by atoms with Gasteiger partial charge in [-0.3, -0.25) is 9.69 Å². The van der Waals surface area contributed by atoms with Gasteiger partial charge in [-0.05, 0) is 68.0 Å². The number of fused-ring (bicyclic) bond motifs is 1. The van der Waals surface area contributed by atoms with Gasteiger partial charge in [-0.2, -0.15) is 0 Å². The zero-order valence-corrected chi connectivity index (χ0v) is 21.8. The molecule has 2 heterocycles. The van der Waals surface area contributed by atoms with Crippen LogP contribution in [0.15, 0.2) is 42.5 Å². The van der Waals surface area contributed by atoms with E-state index in [9.17, 15) is 30.0 Å². The molecule has 5 rings (SSSR count). The number of likely N-dealkylation sites (tertiary alicyclic amines) is 1. The number of ether oxygens (including phenoxy) is 3. The Kier molecular flexibility index (Phi) is 8.20. The first-order valence-corrected chi connectivity index (χ1v) is 13.4. The summed E-state index contributed by atoms with van der Waals surface area (Å²) in [5.41, 5.74) is 2.65. The fraction of sp³-hybridized carbons (Fsp3) is 0.517. The van der Waals surface area contributed by atoms with Crippen LogP contribution >= 0.6 is 0 Å². The van der Waals surface area contributed by atoms with Gasteiger partial charge in [-0.15, -0.1) is 0 Å². The molecule has 4 N–H and O–H groups in total. The van der Waals surface area contributed by atoms with Gasteiger partial charge in [0.15, 0.2) is 23.4 Å². The number of carboxylic acids is 1. The number of carboxylic acid groups (broad SMARTS) is 1. The molecule has 6 atom stereocenters. The Balaban J connectivity index is 1.23. The summed E-state index contributed by atoms with van der Waals surface area (Å²) in [5.74, 6) is -0.795. The number of ketones is 1. The second kappa shape index (κ2) is 11.6. The number of methoxy groups -OCH3 is 1. The number of aliphatic hydroxyl groups is 3. The van der Waals surface area contributed by atoms with Crippen LogP contribution in [-0.4, -0.2) is 88.0 Å². The molecular formula is C29H35NO9. The Morgan fingerprint density at radius 1 is 1.03 bits per heavy atom. The molecule has 2 aromatic carbocycles. The number of carbonyl (C=O) groups is 2. The van der Waals surface area contributed by atoms with Gasteiger partial charge in [0.05, 0.1) is 7.11 Å². The number of benzene rings is 2. The lowest BCUT2D eigenvalue weighted by atomic mass is 9.85. The fourth-order valence-electron chi connectivity index (χ4n) is 5.92. The van der Waals surface area contributed by atoms with Gasteiger partial charge in [0.1, 0.15) is 18.3 Å². The van der Waals surface area contributed by atoms with Gasteiger partial charge in [0, 0.05) is 18.0 Å². The second-order valence-electron chi connectivity index (χ2n) is 10.7. The molecule has 2 saturated heterocycles. The monoisotopic (exact) mass is 541 g/mol. The van der Waals surface area contributed by atoms with Crippen LogP contribution in [0.1, 0.15) is 40.7 Å². The smallest absolute Gasteiger partial charge is 0.335 e. The van der Waals surface area contributed by atoms with Crippen molar-refractivity contribution in [3.63, 3.8) is 0 Å². The molecule has 0 radical (unpaired) electrons. The minimum atomic E-state index is -1.83. The van der Waals surface area contributed by atoms with Crippen LogP contribution in [0.2, 0.25) is 0 Å². The first kappa shape index (κ1) is 27.5. The predicted molar refractivity (Wildman–Crippen MR) is 139 cm³/mol. The summed E-state index contributed by atoms with van der Waals surface area (Å²) in [6.45, 7) is 2.94. The average molecular weight is 542 g/mol. The molecule has 1 unspecified atom stereocenters. The van der Waals surface area contributed by atoms with Crippen LogP contribution in [0.25, 0.3) is 0 Å². The number of hydrogen-bond donors (Lipinski definition) is 4. The van der Waals surface area contributed by atoms with Crippen LogP contribution < -0.4 is 9.47 Å². The molecule has 0 saturated carbocycles. The zero-order valence-electron chi connectivity index (χ0n) is 21.8. The molecule has 0 aromatic heterocycles. The van der Waals surface area contributed by atoms with E-state index < -0.39 is 36.7 Å². The molecule has 10 nitrogen and oxygen atoms in total. The number of hydrogen-bond acceptors (Lipinski definition) is 9. The van der Waals surface area contributed by atoms with E-state index in [-0.39, 0.29) is 17.5 Å². The third kappa shape index (κ3) is 5.80. The SMILES string of the molecule is COc1cc2c(cc1O[C@@H]1O[C@H](C(=O)O)[C@@H](O)[C@H](O)[C@H]1O)C(=O)C(CC1CCN(Cc3ccccc3)CC1)C2. The van der Waals surface area contributed by atoms with Crippen molar-refractivity contribution in [2.75, 3.05) is 20.2 Å². The highest BCUT2D eigenvalue weighted by Gasteiger charge is 2.48. The van der Waals surface area contributed by atoms with Crippen molar-refractivity contribution in [2.45, 2.75) is 62.9 Å². The van der Waals surface area contributed by atoms with Gasteiger partial charge >= 0.3 is 5.97 Å². The third-order valence-electron chi connectivity index (χ3n) is 8.12. The number of Topliss-reactive ketones (excluding diaryl/α,β-unsaturated/α-hetero) is 1. The number of aliphatic hydroxyl groups excluding tert-OH is 3. The van der Waals surface area contributed by atoms with Gasteiger partial charge in [-0.25, -0.2) is 4.79 Å². The summed E-state index contributed by atoms with van der Waals surface area (Å²) < 4.78 is 16.4. The third-order valence-corrected chi connectivity index (χ3v) is 8.12. The molecular weight excluding hydrogens is 506 g/mol. The lowest BCUT2D eigenvalue weighted by molar-refractivity contribution is -0.271. The summed E-state index contributed by atoms with van der Waals surface area (Å²) >= 11 is 0. The zero-order chi connectivity index (χ0) is 27.7. The van der Waals surface area contributed by atoms with E-state index in [1.165, 1.54) is 18.7 Å². The molecule has 39 heavy (non-hydrogen) atoms. The topological polar surface area (TPSA) is 146 Å². The second-order valence-corrected chi connectivity index (χ2v) is 10.7. The van der Waals surface area contributed by atoms with Crippen LogP contribution in [0.5, 0.6) is 11.5 Å². The van der Waals surface area contributed by atoms with E-state index in [0.717, 1.165) is 44.5 Å². The van der Waals surface area contributed by atoms with Gasteiger partial charge in [0.25, 0.3) is 0 Å². The van der Waals surface area contributed by atoms with E-state index in [4.69, 9.17) is 14.2 Å². The lowest BCUT2D eigenvalue weighted by Gasteiger charge is -2.38. The fourth-order valence-corrected chi connectivity index (χ4v) is 5.92. The van der Waals surface area contributed by atoms with Gasteiger partial charge in [0.2, 0.25) is 6.29 Å². The molecule has 3 aliphatic rings. The molecule has 2 aliphatic heterocycles. The summed E-state index contributed by atoms with van der Waals surface area (Å²) in [6.07, 6.45) is -5.24. The van der Waals surface area contributed by atoms with Crippen molar-refractivity contribution in [3.8, 4) is 11.5 Å². The Morgan fingerprint density at radius 3 is 2.41 bits per heavy atom. The highest BCUT2D eigenvalue weighted by molar-refractivity contribution is 6.02. The predicted octanol–water partition coefficient (Wildman–Crippen LogP) is 1.62. The molecule has 0 amide bonds. The largest absolute Gasteiger partial charge is 0.493 e. The van der Waals surface area contributed by atoms with Crippen molar-refractivity contribution in [1.82, 2.24) is 4.90 Å². The molecule has 2 fully saturated rings. The Labute approximate surface area is 226 Å². The quantitative estimate of drug-likeness (QED) is 0.389. The van der Waals surface area contributed by atoms with E-state index in [1.54, 1.807) is 6.07 Å².